The van der Waals surface area contributed by atoms with Crippen molar-refractivity contribution in [1.82, 2.24) is 5.32 Å². The van der Waals surface area contributed by atoms with E-state index < -0.39 is 18.3 Å². The Hall–Kier alpha value is -1.57. The summed E-state index contributed by atoms with van der Waals surface area (Å²) in [5, 5.41) is 3.01. The van der Waals surface area contributed by atoms with Crippen LogP contribution in [0.1, 0.15) is 39.7 Å². The first kappa shape index (κ1) is 19.2. The summed E-state index contributed by atoms with van der Waals surface area (Å²) in [7, 11) is 1.15. The lowest BCUT2D eigenvalue weighted by Gasteiger charge is -2.32. The zero-order valence-corrected chi connectivity index (χ0v) is 16.3. The van der Waals surface area contributed by atoms with E-state index in [2.05, 4.69) is 5.32 Å². The van der Waals surface area contributed by atoms with E-state index >= 15 is 0 Å². The minimum Gasteiger partial charge on any atom is -0.496 e. The molecule has 142 valence electrons. The topological polar surface area (TPSA) is 66.0 Å². The lowest BCUT2D eigenvalue weighted by Crippen LogP contribution is -2.41. The van der Waals surface area contributed by atoms with E-state index in [9.17, 15) is 4.79 Å². The number of carbonyl (C=O) groups is 1. The Kier molecular flexibility index (Phi) is 5.33. The average molecular weight is 361 g/mol. The Labute approximate surface area is 155 Å². The Morgan fingerprint density at radius 2 is 1.96 bits per heavy atom. The van der Waals surface area contributed by atoms with E-state index in [1.165, 1.54) is 0 Å². The maximum Gasteiger partial charge on any atom is 0.494 e. The first-order chi connectivity index (χ1) is 12.2. The summed E-state index contributed by atoms with van der Waals surface area (Å²) in [4.78, 5) is 12.4. The number of nitrogens with one attached hydrogen (secondary N) is 1. The second-order valence-corrected chi connectivity index (χ2v) is 7.96. The van der Waals surface area contributed by atoms with E-state index in [1.54, 1.807) is 7.11 Å². The minimum absolute atomic E-state index is 0.0372. The first-order valence-electron chi connectivity index (χ1n) is 9.11. The fourth-order valence-corrected chi connectivity index (χ4v) is 3.16. The molecule has 2 saturated heterocycles. The molecule has 2 fully saturated rings. The number of ether oxygens (including phenoxy) is 2. The van der Waals surface area contributed by atoms with Gasteiger partial charge in [0.25, 0.3) is 0 Å². The van der Waals surface area contributed by atoms with Gasteiger partial charge in [-0.15, -0.1) is 0 Å². The minimum atomic E-state index is -0.462. The highest BCUT2D eigenvalue weighted by Crippen LogP contribution is 2.36. The van der Waals surface area contributed by atoms with Gasteiger partial charge in [-0.2, -0.15) is 0 Å². The van der Waals surface area contributed by atoms with E-state index in [0.717, 1.165) is 17.4 Å². The normalized spacial score (nSPS) is 23.9. The Bertz CT molecular complexity index is 654. The molecule has 2 aliphatic rings. The molecule has 3 rings (SSSR count). The predicted octanol–water partition coefficient (Wildman–Crippen LogP) is 1.44. The van der Waals surface area contributed by atoms with Gasteiger partial charge in [0.2, 0.25) is 5.91 Å². The molecule has 6 nitrogen and oxygen atoms in total. The molecule has 0 aromatic heterocycles. The van der Waals surface area contributed by atoms with Gasteiger partial charge in [-0.05, 0) is 45.6 Å². The summed E-state index contributed by atoms with van der Waals surface area (Å²) in [6.45, 7) is 9.37. The number of hydrogen-bond donors (Lipinski definition) is 1. The molecule has 1 unspecified atom stereocenters. The van der Waals surface area contributed by atoms with E-state index in [-0.39, 0.29) is 18.4 Å². The Morgan fingerprint density at radius 1 is 1.27 bits per heavy atom. The summed E-state index contributed by atoms with van der Waals surface area (Å²) < 4.78 is 23.0. The Balaban J connectivity index is 1.75. The third-order valence-electron chi connectivity index (χ3n) is 5.48. The molecule has 1 N–H and O–H groups in total. The highest BCUT2D eigenvalue weighted by molar-refractivity contribution is 6.62. The lowest BCUT2D eigenvalue weighted by molar-refractivity contribution is -0.121. The van der Waals surface area contributed by atoms with Crippen molar-refractivity contribution >= 4 is 18.5 Å². The second kappa shape index (κ2) is 7.21. The van der Waals surface area contributed by atoms with E-state index in [1.807, 2.05) is 45.9 Å². The molecular weight excluding hydrogens is 333 g/mol. The zero-order chi connectivity index (χ0) is 18.9. The van der Waals surface area contributed by atoms with Crippen LogP contribution in [-0.2, 0) is 25.3 Å². The summed E-state index contributed by atoms with van der Waals surface area (Å²) in [5.41, 5.74) is 0.891. The van der Waals surface area contributed by atoms with Crippen LogP contribution in [0.25, 0.3) is 0 Å². The zero-order valence-electron chi connectivity index (χ0n) is 16.3. The van der Waals surface area contributed by atoms with Gasteiger partial charge in [-0.1, -0.05) is 12.1 Å². The monoisotopic (exact) mass is 361 g/mol. The van der Waals surface area contributed by atoms with Crippen molar-refractivity contribution in [2.24, 2.45) is 0 Å². The lowest BCUT2D eigenvalue weighted by atomic mass is 9.78. The second-order valence-electron chi connectivity index (χ2n) is 7.96. The van der Waals surface area contributed by atoms with Crippen molar-refractivity contribution in [3.63, 3.8) is 0 Å². The molecule has 7 heteroatoms. The van der Waals surface area contributed by atoms with E-state index in [4.69, 9.17) is 18.8 Å². The molecular formula is C19H28BNO5. The molecule has 1 atom stereocenters. The van der Waals surface area contributed by atoms with Crippen molar-refractivity contribution in [2.75, 3.05) is 20.3 Å². The van der Waals surface area contributed by atoms with E-state index in [0.29, 0.717) is 19.0 Å². The van der Waals surface area contributed by atoms with Gasteiger partial charge in [-0.25, -0.2) is 0 Å². The van der Waals surface area contributed by atoms with Gasteiger partial charge < -0.3 is 24.1 Å². The number of carbonyl (C=O) groups excluding carboxylic acids is 1. The van der Waals surface area contributed by atoms with Crippen molar-refractivity contribution in [3.05, 3.63) is 23.8 Å². The highest BCUT2D eigenvalue weighted by Gasteiger charge is 2.51. The fourth-order valence-electron chi connectivity index (χ4n) is 3.16. The van der Waals surface area contributed by atoms with Gasteiger partial charge in [0, 0.05) is 12.2 Å². The Morgan fingerprint density at radius 3 is 2.54 bits per heavy atom. The molecule has 2 aliphatic heterocycles. The molecule has 1 aromatic carbocycles. The van der Waals surface area contributed by atoms with Crippen molar-refractivity contribution in [1.29, 1.82) is 0 Å². The molecule has 0 spiro atoms. The van der Waals surface area contributed by atoms with Crippen LogP contribution < -0.4 is 15.5 Å². The first-order valence-corrected chi connectivity index (χ1v) is 9.11. The van der Waals surface area contributed by atoms with Crippen molar-refractivity contribution in [2.45, 2.75) is 57.8 Å². The van der Waals surface area contributed by atoms with Gasteiger partial charge in [0.15, 0.2) is 0 Å². The summed E-state index contributed by atoms with van der Waals surface area (Å²) >= 11 is 0. The largest absolute Gasteiger partial charge is 0.496 e. The molecule has 2 heterocycles. The number of methoxy groups -OCH3 is 1. The molecule has 1 amide bonds. The van der Waals surface area contributed by atoms with Crippen LogP contribution in [0.2, 0.25) is 0 Å². The maximum absolute atomic E-state index is 12.4. The SMILES string of the molecule is COc1ccc(B2OC(C)(C)C(C)(C)O2)cc1CC(=O)NC1CCOC1. The van der Waals surface area contributed by atoms with Gasteiger partial charge in [0.1, 0.15) is 5.75 Å². The molecule has 0 saturated carbocycles. The fraction of sp³-hybridized carbons (Fsp3) is 0.632. The molecule has 1 aromatic rings. The van der Waals surface area contributed by atoms with Crippen LogP contribution in [0.3, 0.4) is 0 Å². The van der Waals surface area contributed by atoms with Gasteiger partial charge in [0.05, 0.1) is 37.4 Å². The summed E-state index contributed by atoms with van der Waals surface area (Å²) in [5.74, 6) is 0.646. The predicted molar refractivity (Wildman–Crippen MR) is 99.8 cm³/mol. The van der Waals surface area contributed by atoms with Crippen LogP contribution in [0.5, 0.6) is 5.75 Å². The molecule has 0 aliphatic carbocycles. The standard InChI is InChI=1S/C19H28BNO5/c1-18(2)19(3,4)26-20(25-18)14-6-7-16(23-5)13(10-14)11-17(22)21-15-8-9-24-12-15/h6-7,10,15H,8-9,11-12H2,1-5H3,(H,21,22). The van der Waals surface area contributed by atoms with Gasteiger partial charge >= 0.3 is 7.12 Å². The third-order valence-corrected chi connectivity index (χ3v) is 5.48. The van der Waals surface area contributed by atoms with Crippen LogP contribution in [0, 0.1) is 0 Å². The number of rotatable bonds is 5. The quantitative estimate of drug-likeness (QED) is 0.804. The van der Waals surface area contributed by atoms with Crippen LogP contribution in [0.15, 0.2) is 18.2 Å². The molecule has 0 radical (unpaired) electrons. The van der Waals surface area contributed by atoms with Crippen molar-refractivity contribution < 1.29 is 23.6 Å². The van der Waals surface area contributed by atoms with Crippen LogP contribution >= 0.6 is 0 Å². The van der Waals surface area contributed by atoms with Crippen LogP contribution in [-0.4, -0.2) is 50.6 Å². The number of hydrogen-bond acceptors (Lipinski definition) is 5. The molecule has 26 heavy (non-hydrogen) atoms. The number of amides is 1. The number of benzene rings is 1. The van der Waals surface area contributed by atoms with Crippen molar-refractivity contribution in [3.8, 4) is 5.75 Å². The molecule has 0 bridgehead atoms. The average Bonchev–Trinajstić information content (AvgIpc) is 3.13. The smallest absolute Gasteiger partial charge is 0.494 e. The van der Waals surface area contributed by atoms with Gasteiger partial charge in [-0.3, -0.25) is 4.79 Å². The van der Waals surface area contributed by atoms with Crippen LogP contribution in [0.4, 0.5) is 0 Å². The summed E-state index contributed by atoms with van der Waals surface area (Å²) in [6.07, 6.45) is 1.10. The summed E-state index contributed by atoms with van der Waals surface area (Å²) in [6, 6.07) is 5.82. The third kappa shape index (κ3) is 3.90. The highest BCUT2D eigenvalue weighted by atomic mass is 16.7. The maximum atomic E-state index is 12.4.